The van der Waals surface area contributed by atoms with E-state index in [-0.39, 0.29) is 5.91 Å². The third kappa shape index (κ3) is 3.10. The Morgan fingerprint density at radius 2 is 1.55 bits per heavy atom. The van der Waals surface area contributed by atoms with Crippen LogP contribution in [0.2, 0.25) is 0 Å². The summed E-state index contributed by atoms with van der Waals surface area (Å²) in [6, 6.07) is 9.79. The van der Waals surface area contributed by atoms with Gasteiger partial charge in [-0.05, 0) is 62.6 Å². The first-order chi connectivity index (χ1) is 9.38. The van der Waals surface area contributed by atoms with Gasteiger partial charge in [-0.15, -0.1) is 0 Å². The van der Waals surface area contributed by atoms with Crippen LogP contribution in [-0.2, 0) is 0 Å². The van der Waals surface area contributed by atoms with Crippen LogP contribution in [0.15, 0.2) is 34.8 Å². The summed E-state index contributed by atoms with van der Waals surface area (Å²) in [5, 5.41) is 2.97. The van der Waals surface area contributed by atoms with E-state index in [0.29, 0.717) is 5.56 Å². The number of rotatable bonds is 2. The monoisotopic (exact) mass is 331 g/mol. The van der Waals surface area contributed by atoms with E-state index >= 15 is 0 Å². The highest BCUT2D eigenvalue weighted by atomic mass is 79.9. The molecule has 0 spiro atoms. The van der Waals surface area contributed by atoms with E-state index in [4.69, 9.17) is 0 Å². The van der Waals surface area contributed by atoms with Crippen LogP contribution in [0.4, 0.5) is 5.69 Å². The molecule has 0 radical (unpaired) electrons. The van der Waals surface area contributed by atoms with E-state index in [1.54, 1.807) is 0 Å². The fourth-order valence-corrected chi connectivity index (χ4v) is 2.51. The highest BCUT2D eigenvalue weighted by Gasteiger charge is 2.10. The topological polar surface area (TPSA) is 29.1 Å². The Kier molecular flexibility index (Phi) is 4.29. The molecule has 0 fully saturated rings. The fraction of sp³-hybridized carbons (Fsp3) is 0.235. The number of anilines is 1. The van der Waals surface area contributed by atoms with Crippen LogP contribution in [-0.4, -0.2) is 5.91 Å². The van der Waals surface area contributed by atoms with Gasteiger partial charge in [0.05, 0.1) is 0 Å². The smallest absolute Gasteiger partial charge is 0.255 e. The number of amides is 1. The maximum atomic E-state index is 12.3. The zero-order valence-electron chi connectivity index (χ0n) is 12.2. The van der Waals surface area contributed by atoms with E-state index in [1.807, 2.05) is 58.0 Å². The summed E-state index contributed by atoms with van der Waals surface area (Å²) in [6.45, 7) is 8.02. The lowest BCUT2D eigenvalue weighted by atomic mass is 10.0. The Hall–Kier alpha value is -1.61. The van der Waals surface area contributed by atoms with Gasteiger partial charge in [-0.1, -0.05) is 33.6 Å². The highest BCUT2D eigenvalue weighted by Crippen LogP contribution is 2.25. The Morgan fingerprint density at radius 1 is 0.950 bits per heavy atom. The third-order valence-electron chi connectivity index (χ3n) is 3.32. The molecule has 2 aromatic rings. The normalized spacial score (nSPS) is 10.4. The van der Waals surface area contributed by atoms with Crippen LogP contribution in [0.5, 0.6) is 0 Å². The summed E-state index contributed by atoms with van der Waals surface area (Å²) in [7, 11) is 0. The summed E-state index contributed by atoms with van der Waals surface area (Å²) < 4.78 is 1.09. The van der Waals surface area contributed by atoms with Gasteiger partial charge < -0.3 is 5.32 Å². The molecule has 0 unspecified atom stereocenters. The molecule has 104 valence electrons. The van der Waals surface area contributed by atoms with Crippen molar-refractivity contribution >= 4 is 27.5 Å². The first-order valence-corrected chi connectivity index (χ1v) is 7.33. The molecule has 0 aromatic heterocycles. The van der Waals surface area contributed by atoms with E-state index in [0.717, 1.165) is 32.4 Å². The molecular weight excluding hydrogens is 314 g/mol. The minimum absolute atomic E-state index is 0.0661. The number of halogens is 1. The zero-order valence-corrected chi connectivity index (χ0v) is 13.8. The molecule has 0 heterocycles. The van der Waals surface area contributed by atoms with E-state index in [9.17, 15) is 4.79 Å². The SMILES string of the molecule is Cc1ccc(C(=O)Nc2cc(C)c(Br)c(C)c2)c(C)c1. The van der Waals surface area contributed by atoms with Crippen LogP contribution in [0.3, 0.4) is 0 Å². The van der Waals surface area contributed by atoms with Crippen LogP contribution in [0, 0.1) is 27.7 Å². The minimum atomic E-state index is -0.0661. The molecule has 0 bridgehead atoms. The van der Waals surface area contributed by atoms with Gasteiger partial charge in [-0.2, -0.15) is 0 Å². The van der Waals surface area contributed by atoms with Crippen molar-refractivity contribution in [2.24, 2.45) is 0 Å². The van der Waals surface area contributed by atoms with E-state index < -0.39 is 0 Å². The Labute approximate surface area is 128 Å². The van der Waals surface area contributed by atoms with Gasteiger partial charge in [-0.3, -0.25) is 4.79 Å². The molecule has 3 heteroatoms. The van der Waals surface area contributed by atoms with E-state index in [1.165, 1.54) is 0 Å². The molecule has 20 heavy (non-hydrogen) atoms. The predicted octanol–water partition coefficient (Wildman–Crippen LogP) is 4.94. The zero-order chi connectivity index (χ0) is 14.9. The van der Waals surface area contributed by atoms with Gasteiger partial charge in [0.1, 0.15) is 0 Å². The van der Waals surface area contributed by atoms with Gasteiger partial charge >= 0.3 is 0 Å². The number of hydrogen-bond acceptors (Lipinski definition) is 1. The van der Waals surface area contributed by atoms with Crippen molar-refractivity contribution in [2.75, 3.05) is 5.32 Å². The molecule has 0 saturated heterocycles. The van der Waals surface area contributed by atoms with Crippen molar-refractivity contribution in [3.63, 3.8) is 0 Å². The van der Waals surface area contributed by atoms with Crippen LogP contribution < -0.4 is 5.32 Å². The van der Waals surface area contributed by atoms with Gasteiger partial charge in [0, 0.05) is 15.7 Å². The Morgan fingerprint density at radius 3 is 2.10 bits per heavy atom. The van der Waals surface area contributed by atoms with Crippen LogP contribution in [0.25, 0.3) is 0 Å². The maximum absolute atomic E-state index is 12.3. The fourth-order valence-electron chi connectivity index (χ4n) is 2.28. The second-order valence-electron chi connectivity index (χ2n) is 5.20. The standard InChI is InChI=1S/C17H18BrNO/c1-10-5-6-15(11(2)7-10)17(20)19-14-8-12(3)16(18)13(4)9-14/h5-9H,1-4H3,(H,19,20). The van der Waals surface area contributed by atoms with E-state index in [2.05, 4.69) is 21.2 Å². The van der Waals surface area contributed by atoms with Crippen molar-refractivity contribution in [3.05, 3.63) is 62.6 Å². The Balaban J connectivity index is 2.28. The van der Waals surface area contributed by atoms with Gasteiger partial charge in [0.25, 0.3) is 5.91 Å². The van der Waals surface area contributed by atoms with Crippen molar-refractivity contribution < 1.29 is 4.79 Å². The summed E-state index contributed by atoms with van der Waals surface area (Å²) in [6.07, 6.45) is 0. The summed E-state index contributed by atoms with van der Waals surface area (Å²) in [5.41, 5.74) is 5.92. The van der Waals surface area contributed by atoms with Crippen molar-refractivity contribution in [3.8, 4) is 0 Å². The average molecular weight is 332 g/mol. The largest absolute Gasteiger partial charge is 0.322 e. The lowest BCUT2D eigenvalue weighted by Crippen LogP contribution is -2.13. The number of benzene rings is 2. The lowest BCUT2D eigenvalue weighted by Gasteiger charge is -2.11. The van der Waals surface area contributed by atoms with Gasteiger partial charge in [0.2, 0.25) is 0 Å². The number of nitrogens with one attached hydrogen (secondary N) is 1. The summed E-state index contributed by atoms with van der Waals surface area (Å²) in [4.78, 5) is 12.3. The average Bonchev–Trinajstić information content (AvgIpc) is 2.35. The molecule has 0 aliphatic heterocycles. The van der Waals surface area contributed by atoms with Crippen molar-refractivity contribution in [1.29, 1.82) is 0 Å². The second-order valence-corrected chi connectivity index (χ2v) is 5.99. The minimum Gasteiger partial charge on any atom is -0.322 e. The molecule has 0 aliphatic rings. The number of aryl methyl sites for hydroxylation is 4. The molecule has 2 rings (SSSR count). The van der Waals surface area contributed by atoms with Crippen molar-refractivity contribution in [1.82, 2.24) is 0 Å². The molecule has 0 aliphatic carbocycles. The second kappa shape index (κ2) is 5.80. The van der Waals surface area contributed by atoms with Gasteiger partial charge in [0.15, 0.2) is 0 Å². The quantitative estimate of drug-likeness (QED) is 0.830. The highest BCUT2D eigenvalue weighted by molar-refractivity contribution is 9.10. The first-order valence-electron chi connectivity index (χ1n) is 6.54. The van der Waals surface area contributed by atoms with Crippen molar-refractivity contribution in [2.45, 2.75) is 27.7 Å². The molecule has 2 aromatic carbocycles. The molecular formula is C17H18BrNO. The van der Waals surface area contributed by atoms with Crippen LogP contribution >= 0.6 is 15.9 Å². The number of hydrogen-bond donors (Lipinski definition) is 1. The predicted molar refractivity (Wildman–Crippen MR) is 87.5 cm³/mol. The molecule has 0 saturated carbocycles. The third-order valence-corrected chi connectivity index (χ3v) is 4.57. The lowest BCUT2D eigenvalue weighted by molar-refractivity contribution is 0.102. The maximum Gasteiger partial charge on any atom is 0.255 e. The molecule has 1 amide bonds. The van der Waals surface area contributed by atoms with Crippen LogP contribution in [0.1, 0.15) is 32.6 Å². The molecule has 1 N–H and O–H groups in total. The number of carbonyl (C=O) groups is 1. The summed E-state index contributed by atoms with van der Waals surface area (Å²) in [5.74, 6) is -0.0661. The number of carbonyl (C=O) groups excluding carboxylic acids is 1. The summed E-state index contributed by atoms with van der Waals surface area (Å²) >= 11 is 3.53. The first kappa shape index (κ1) is 14.8. The molecule has 0 atom stereocenters. The molecule has 2 nitrogen and oxygen atoms in total. The van der Waals surface area contributed by atoms with Gasteiger partial charge in [-0.25, -0.2) is 0 Å². The Bertz CT molecular complexity index is 654.